The van der Waals surface area contributed by atoms with Crippen molar-refractivity contribution in [2.75, 3.05) is 12.3 Å². The van der Waals surface area contributed by atoms with Gasteiger partial charge >= 0.3 is 0 Å². The summed E-state index contributed by atoms with van der Waals surface area (Å²) < 4.78 is 43.5. The van der Waals surface area contributed by atoms with Gasteiger partial charge in [-0.25, -0.2) is 4.39 Å². The van der Waals surface area contributed by atoms with Crippen LogP contribution in [-0.4, -0.2) is 37.0 Å². The molecule has 6 heteroatoms. The third-order valence-corrected chi connectivity index (χ3v) is 5.91. The van der Waals surface area contributed by atoms with Crippen molar-refractivity contribution in [1.82, 2.24) is 5.32 Å². The second-order valence-corrected chi connectivity index (χ2v) is 8.42. The minimum absolute atomic E-state index is 0.0337. The van der Waals surface area contributed by atoms with E-state index in [1.807, 2.05) is 0 Å². The molecular weight excluding hydrogens is 269 g/mol. The Bertz CT molecular complexity index is 416. The molecule has 0 aromatic heterocycles. The average Bonchev–Trinajstić information content (AvgIpc) is 2.22. The van der Waals surface area contributed by atoms with Gasteiger partial charge in [0.2, 0.25) is 0 Å². The smallest absolute Gasteiger partial charge is 0.267 e. The molecule has 1 atom stereocenters. The van der Waals surface area contributed by atoms with E-state index >= 15 is 0 Å². The normalized spacial score (nSPS) is 42.5. The van der Waals surface area contributed by atoms with Gasteiger partial charge in [0.15, 0.2) is 0 Å². The molecule has 19 heavy (non-hydrogen) atoms. The quantitative estimate of drug-likeness (QED) is 0.758. The average molecular weight is 291 g/mol. The number of halogens is 1. The lowest BCUT2D eigenvalue weighted by atomic mass is 9.53. The monoisotopic (exact) mass is 291 g/mol. The lowest BCUT2D eigenvalue weighted by molar-refractivity contribution is -0.0216. The third kappa shape index (κ3) is 3.11. The predicted molar refractivity (Wildman–Crippen MR) is 70.2 cm³/mol. The number of nitrogens with one attached hydrogen (secondary N) is 1. The van der Waals surface area contributed by atoms with Gasteiger partial charge < -0.3 is 5.32 Å². The Hall–Kier alpha value is -0.200. The maximum absolute atomic E-state index is 13.6. The molecule has 110 valence electrons. The van der Waals surface area contributed by atoms with E-state index in [1.165, 1.54) is 19.3 Å². The van der Waals surface area contributed by atoms with Gasteiger partial charge in [-0.05, 0) is 56.3 Å². The fourth-order valence-corrected chi connectivity index (χ4v) is 5.52. The highest BCUT2D eigenvalue weighted by atomic mass is 32.2. The summed E-state index contributed by atoms with van der Waals surface area (Å²) in [4.78, 5) is 0. The van der Waals surface area contributed by atoms with Gasteiger partial charge in [0.05, 0.1) is 0 Å². The highest BCUT2D eigenvalue weighted by molar-refractivity contribution is 7.85. The topological polar surface area (TPSA) is 66.4 Å². The fraction of sp³-hybridized carbons (Fsp3) is 1.00. The summed E-state index contributed by atoms with van der Waals surface area (Å²) >= 11 is 0. The van der Waals surface area contributed by atoms with Crippen molar-refractivity contribution in [1.29, 1.82) is 0 Å². The molecule has 0 amide bonds. The Kier molecular flexibility index (Phi) is 3.38. The molecule has 0 aliphatic heterocycles. The zero-order valence-corrected chi connectivity index (χ0v) is 11.8. The van der Waals surface area contributed by atoms with Crippen LogP contribution in [-0.2, 0) is 10.1 Å². The van der Waals surface area contributed by atoms with E-state index in [1.54, 1.807) is 0 Å². The van der Waals surface area contributed by atoms with Crippen LogP contribution in [0, 0.1) is 17.8 Å². The fourth-order valence-electron chi connectivity index (χ4n) is 4.94. The molecule has 4 fully saturated rings. The summed E-state index contributed by atoms with van der Waals surface area (Å²) in [6.07, 6.45) is 5.77. The van der Waals surface area contributed by atoms with E-state index in [0.717, 1.165) is 37.0 Å². The molecule has 4 bridgehead atoms. The second-order valence-electron chi connectivity index (χ2n) is 6.92. The Morgan fingerprint density at radius 1 is 1.16 bits per heavy atom. The van der Waals surface area contributed by atoms with Crippen molar-refractivity contribution in [2.45, 2.75) is 50.2 Å². The largest absolute Gasteiger partial charge is 0.308 e. The van der Waals surface area contributed by atoms with Crippen molar-refractivity contribution in [3.05, 3.63) is 0 Å². The van der Waals surface area contributed by atoms with Gasteiger partial charge in [0, 0.05) is 12.1 Å². The van der Waals surface area contributed by atoms with Crippen LogP contribution in [0.25, 0.3) is 0 Å². The minimum atomic E-state index is -4.22. The maximum Gasteiger partial charge on any atom is 0.267 e. The van der Waals surface area contributed by atoms with Crippen molar-refractivity contribution in [3.8, 4) is 0 Å². The second kappa shape index (κ2) is 4.67. The summed E-state index contributed by atoms with van der Waals surface area (Å²) in [5.41, 5.74) is 0.0400. The molecule has 4 aliphatic carbocycles. The van der Waals surface area contributed by atoms with Crippen molar-refractivity contribution >= 4 is 10.1 Å². The van der Waals surface area contributed by atoms with Gasteiger partial charge in [-0.3, -0.25) is 4.55 Å². The van der Waals surface area contributed by atoms with Gasteiger partial charge in [0.1, 0.15) is 11.9 Å². The maximum atomic E-state index is 13.6. The van der Waals surface area contributed by atoms with Crippen LogP contribution >= 0.6 is 0 Å². The molecule has 0 aromatic carbocycles. The summed E-state index contributed by atoms with van der Waals surface area (Å²) in [5.74, 6) is 1.53. The molecule has 2 N–H and O–H groups in total. The summed E-state index contributed by atoms with van der Waals surface area (Å²) in [6, 6.07) is 0. The molecule has 4 nitrogen and oxygen atoms in total. The first kappa shape index (κ1) is 13.8. The summed E-state index contributed by atoms with van der Waals surface area (Å²) in [7, 11) is -4.22. The standard InChI is InChI=1S/C13H22FNO3S/c14-12(8-19(16,17)18)7-15-13-4-9-1-10(5-13)3-11(2-9)6-13/h9-12,15H,1-8H2,(H,16,17,18)/t9?,10?,11?,12-,13?/m0/s1. The van der Waals surface area contributed by atoms with Crippen molar-refractivity contribution < 1.29 is 17.4 Å². The third-order valence-electron chi connectivity index (χ3n) is 5.13. The van der Waals surface area contributed by atoms with Crippen LogP contribution in [0.3, 0.4) is 0 Å². The molecule has 0 spiro atoms. The van der Waals surface area contributed by atoms with Crippen LogP contribution in [0.15, 0.2) is 0 Å². The van der Waals surface area contributed by atoms with Gasteiger partial charge in [-0.15, -0.1) is 0 Å². The first-order chi connectivity index (χ1) is 8.84. The highest BCUT2D eigenvalue weighted by Crippen LogP contribution is 2.55. The zero-order valence-electron chi connectivity index (χ0n) is 11.0. The number of hydrogen-bond donors (Lipinski definition) is 2. The summed E-state index contributed by atoms with van der Waals surface area (Å²) in [6.45, 7) is 0.0337. The van der Waals surface area contributed by atoms with E-state index < -0.39 is 22.0 Å². The Labute approximate surface area is 113 Å². The van der Waals surface area contributed by atoms with Crippen LogP contribution in [0.2, 0.25) is 0 Å². The van der Waals surface area contributed by atoms with E-state index in [0.29, 0.717) is 0 Å². The Morgan fingerprint density at radius 2 is 1.63 bits per heavy atom. The zero-order chi connectivity index (χ0) is 13.7. The molecule has 0 aromatic rings. The minimum Gasteiger partial charge on any atom is -0.308 e. The van der Waals surface area contributed by atoms with E-state index in [9.17, 15) is 12.8 Å². The Balaban J connectivity index is 1.58. The number of alkyl halides is 1. The van der Waals surface area contributed by atoms with E-state index in [4.69, 9.17) is 4.55 Å². The lowest BCUT2D eigenvalue weighted by Gasteiger charge is -2.57. The van der Waals surface area contributed by atoms with Crippen LogP contribution in [0.1, 0.15) is 38.5 Å². The molecule has 0 heterocycles. The molecule has 0 unspecified atom stereocenters. The molecule has 0 radical (unpaired) electrons. The van der Waals surface area contributed by atoms with Gasteiger partial charge in [0.25, 0.3) is 10.1 Å². The molecule has 4 aliphatic rings. The van der Waals surface area contributed by atoms with E-state index in [2.05, 4.69) is 5.32 Å². The molecule has 4 rings (SSSR count). The highest BCUT2D eigenvalue weighted by Gasteiger charge is 2.50. The van der Waals surface area contributed by atoms with Crippen molar-refractivity contribution in [3.63, 3.8) is 0 Å². The molecule has 4 saturated carbocycles. The first-order valence-corrected chi connectivity index (χ1v) is 8.79. The first-order valence-electron chi connectivity index (χ1n) is 7.18. The Morgan fingerprint density at radius 3 is 2.05 bits per heavy atom. The lowest BCUT2D eigenvalue weighted by Crippen LogP contribution is -2.59. The molecule has 0 saturated heterocycles. The SMILES string of the molecule is O=S(=O)(O)C[C@@H](F)CNC12CC3CC(CC(C3)C1)C2. The van der Waals surface area contributed by atoms with Crippen LogP contribution < -0.4 is 5.32 Å². The number of hydrogen-bond acceptors (Lipinski definition) is 3. The van der Waals surface area contributed by atoms with Crippen molar-refractivity contribution in [2.24, 2.45) is 17.8 Å². The van der Waals surface area contributed by atoms with Crippen LogP contribution in [0.5, 0.6) is 0 Å². The van der Waals surface area contributed by atoms with Gasteiger partial charge in [-0.1, -0.05) is 0 Å². The number of rotatable bonds is 5. The van der Waals surface area contributed by atoms with Gasteiger partial charge in [-0.2, -0.15) is 8.42 Å². The summed E-state index contributed by atoms with van der Waals surface area (Å²) in [5, 5.41) is 3.30. The van der Waals surface area contributed by atoms with Crippen LogP contribution in [0.4, 0.5) is 4.39 Å². The molecular formula is C13H22FNO3S. The van der Waals surface area contributed by atoms with E-state index in [-0.39, 0.29) is 12.1 Å². The predicted octanol–water partition coefficient (Wildman–Crippen LogP) is 1.77.